The van der Waals surface area contributed by atoms with Crippen LogP contribution >= 0.6 is 11.3 Å². The van der Waals surface area contributed by atoms with Gasteiger partial charge in [0.25, 0.3) is 5.91 Å². The van der Waals surface area contributed by atoms with Crippen LogP contribution in [0.5, 0.6) is 0 Å². The molecule has 1 aliphatic carbocycles. The van der Waals surface area contributed by atoms with Crippen molar-refractivity contribution in [3.05, 3.63) is 21.4 Å². The molecule has 2 unspecified atom stereocenters. The second-order valence-corrected chi connectivity index (χ2v) is 6.69. The molecule has 1 fully saturated rings. The molecular formula is C14H20N2OS. The Labute approximate surface area is 112 Å². The lowest BCUT2D eigenvalue weighted by molar-refractivity contribution is 0.0748. The number of rotatable bonds is 2. The molecule has 2 aliphatic rings. The van der Waals surface area contributed by atoms with Crippen LogP contribution in [0, 0.1) is 5.92 Å². The molecule has 0 saturated carbocycles. The van der Waals surface area contributed by atoms with Crippen molar-refractivity contribution in [1.82, 2.24) is 4.90 Å². The third-order valence-electron chi connectivity index (χ3n) is 4.21. The zero-order valence-corrected chi connectivity index (χ0v) is 11.6. The van der Waals surface area contributed by atoms with Crippen LogP contribution < -0.4 is 5.73 Å². The molecule has 3 nitrogen and oxygen atoms in total. The van der Waals surface area contributed by atoms with Crippen LogP contribution in [-0.2, 0) is 12.8 Å². The van der Waals surface area contributed by atoms with E-state index in [0.29, 0.717) is 18.5 Å². The van der Waals surface area contributed by atoms with E-state index < -0.39 is 0 Å². The number of likely N-dealkylation sites (tertiary alicyclic amines) is 1. The van der Waals surface area contributed by atoms with E-state index in [1.165, 1.54) is 16.9 Å². The Morgan fingerprint density at radius 2 is 2.39 bits per heavy atom. The molecule has 0 aromatic carbocycles. The predicted molar refractivity (Wildman–Crippen MR) is 74.0 cm³/mol. The summed E-state index contributed by atoms with van der Waals surface area (Å²) in [6.07, 6.45) is 4.62. The average molecular weight is 264 g/mol. The Morgan fingerprint density at radius 3 is 3.06 bits per heavy atom. The Kier molecular flexibility index (Phi) is 3.16. The van der Waals surface area contributed by atoms with Crippen LogP contribution in [0.15, 0.2) is 6.07 Å². The van der Waals surface area contributed by atoms with Gasteiger partial charge in [-0.25, -0.2) is 0 Å². The topological polar surface area (TPSA) is 46.3 Å². The van der Waals surface area contributed by atoms with E-state index in [4.69, 9.17) is 5.73 Å². The lowest BCUT2D eigenvalue weighted by atomic mass is 10.1. The van der Waals surface area contributed by atoms with E-state index in [2.05, 4.69) is 13.0 Å². The highest BCUT2D eigenvalue weighted by Crippen LogP contribution is 2.33. The number of carbonyl (C=O) groups excluding carboxylic acids is 1. The van der Waals surface area contributed by atoms with Crippen molar-refractivity contribution in [2.45, 2.75) is 38.6 Å². The quantitative estimate of drug-likeness (QED) is 0.888. The molecule has 2 N–H and O–H groups in total. The fourth-order valence-electron chi connectivity index (χ4n) is 3.17. The number of nitrogens with two attached hydrogens (primary N) is 1. The number of hydrogen-bond acceptors (Lipinski definition) is 3. The van der Waals surface area contributed by atoms with Gasteiger partial charge in [0.05, 0.1) is 4.88 Å². The number of carbonyl (C=O) groups is 1. The monoisotopic (exact) mass is 264 g/mol. The third kappa shape index (κ3) is 1.97. The first-order valence-corrected chi connectivity index (χ1v) is 7.63. The molecule has 2 atom stereocenters. The predicted octanol–water partition coefficient (Wildman–Crippen LogP) is 2.05. The summed E-state index contributed by atoms with van der Waals surface area (Å²) in [4.78, 5) is 16.9. The van der Waals surface area contributed by atoms with Gasteiger partial charge in [-0.3, -0.25) is 4.79 Å². The van der Waals surface area contributed by atoms with Crippen molar-refractivity contribution in [3.8, 4) is 0 Å². The summed E-state index contributed by atoms with van der Waals surface area (Å²) in [6.45, 7) is 3.66. The van der Waals surface area contributed by atoms with Gasteiger partial charge in [0.2, 0.25) is 0 Å². The van der Waals surface area contributed by atoms with Gasteiger partial charge >= 0.3 is 0 Å². The molecular weight excluding hydrogens is 244 g/mol. The Bertz CT molecular complexity index is 447. The second-order valence-electron chi connectivity index (χ2n) is 5.56. The summed E-state index contributed by atoms with van der Waals surface area (Å²) in [7, 11) is 0. The molecule has 98 valence electrons. The standard InChI is InChI=1S/C14H20N2OS/c1-9-5-10(7-15)8-16(9)14(17)13-6-11-3-2-4-12(11)18-13/h6,9-10H,2-5,7-8,15H2,1H3. The summed E-state index contributed by atoms with van der Waals surface area (Å²) in [5, 5.41) is 0. The van der Waals surface area contributed by atoms with Gasteiger partial charge in [0.15, 0.2) is 0 Å². The van der Waals surface area contributed by atoms with Gasteiger partial charge in [-0.1, -0.05) is 0 Å². The first kappa shape index (κ1) is 12.2. The van der Waals surface area contributed by atoms with E-state index in [1.54, 1.807) is 11.3 Å². The molecule has 1 aromatic rings. The molecule has 1 amide bonds. The third-order valence-corrected chi connectivity index (χ3v) is 5.44. The smallest absolute Gasteiger partial charge is 0.264 e. The Balaban J connectivity index is 1.78. The van der Waals surface area contributed by atoms with Gasteiger partial charge in [-0.05, 0) is 56.7 Å². The van der Waals surface area contributed by atoms with Crippen molar-refractivity contribution in [3.63, 3.8) is 0 Å². The lowest BCUT2D eigenvalue weighted by Crippen LogP contribution is -2.33. The van der Waals surface area contributed by atoms with Gasteiger partial charge in [0.1, 0.15) is 0 Å². The van der Waals surface area contributed by atoms with E-state index in [9.17, 15) is 4.79 Å². The van der Waals surface area contributed by atoms with E-state index >= 15 is 0 Å². The van der Waals surface area contributed by atoms with Gasteiger partial charge in [0, 0.05) is 17.5 Å². The number of thiophene rings is 1. The van der Waals surface area contributed by atoms with Gasteiger partial charge in [-0.2, -0.15) is 0 Å². The molecule has 1 aromatic heterocycles. The lowest BCUT2D eigenvalue weighted by Gasteiger charge is -2.20. The maximum atomic E-state index is 12.5. The van der Waals surface area contributed by atoms with Crippen LogP contribution in [0.3, 0.4) is 0 Å². The Hall–Kier alpha value is -0.870. The normalized spacial score (nSPS) is 26.7. The summed E-state index contributed by atoms with van der Waals surface area (Å²) < 4.78 is 0. The second kappa shape index (κ2) is 4.67. The van der Waals surface area contributed by atoms with Crippen molar-refractivity contribution >= 4 is 17.2 Å². The fourth-order valence-corrected chi connectivity index (χ4v) is 4.38. The minimum Gasteiger partial charge on any atom is -0.335 e. The first-order valence-electron chi connectivity index (χ1n) is 6.81. The molecule has 2 heterocycles. The van der Waals surface area contributed by atoms with Crippen LogP contribution in [0.4, 0.5) is 0 Å². The fraction of sp³-hybridized carbons (Fsp3) is 0.643. The molecule has 1 aliphatic heterocycles. The number of aryl methyl sites for hydroxylation is 2. The largest absolute Gasteiger partial charge is 0.335 e. The van der Waals surface area contributed by atoms with E-state index in [0.717, 1.165) is 30.7 Å². The summed E-state index contributed by atoms with van der Waals surface area (Å²) in [5.74, 6) is 0.702. The molecule has 3 rings (SSSR count). The van der Waals surface area contributed by atoms with Crippen molar-refractivity contribution < 1.29 is 4.79 Å². The molecule has 18 heavy (non-hydrogen) atoms. The SMILES string of the molecule is CC1CC(CN)CN1C(=O)c1cc2c(s1)CCC2. The van der Waals surface area contributed by atoms with Crippen molar-refractivity contribution in [2.24, 2.45) is 11.7 Å². The minimum absolute atomic E-state index is 0.220. The maximum Gasteiger partial charge on any atom is 0.264 e. The number of fused-ring (bicyclic) bond motifs is 1. The highest BCUT2D eigenvalue weighted by molar-refractivity contribution is 7.14. The van der Waals surface area contributed by atoms with Crippen LogP contribution in [0.1, 0.15) is 39.9 Å². The van der Waals surface area contributed by atoms with Crippen LogP contribution in [0.25, 0.3) is 0 Å². The molecule has 0 spiro atoms. The van der Waals surface area contributed by atoms with E-state index in [-0.39, 0.29) is 5.91 Å². The first-order chi connectivity index (χ1) is 8.69. The maximum absolute atomic E-state index is 12.5. The number of hydrogen-bond donors (Lipinski definition) is 1. The van der Waals surface area contributed by atoms with Crippen LogP contribution in [-0.4, -0.2) is 29.9 Å². The van der Waals surface area contributed by atoms with Crippen molar-refractivity contribution in [2.75, 3.05) is 13.1 Å². The van der Waals surface area contributed by atoms with Gasteiger partial charge in [-0.15, -0.1) is 11.3 Å². The van der Waals surface area contributed by atoms with Gasteiger partial charge < -0.3 is 10.6 Å². The summed E-state index contributed by atoms with van der Waals surface area (Å²) >= 11 is 1.71. The number of nitrogens with zero attached hydrogens (tertiary/aromatic N) is 1. The summed E-state index contributed by atoms with van der Waals surface area (Å²) in [6, 6.07) is 2.46. The Morgan fingerprint density at radius 1 is 1.56 bits per heavy atom. The molecule has 1 saturated heterocycles. The highest BCUT2D eigenvalue weighted by atomic mass is 32.1. The van der Waals surface area contributed by atoms with Crippen LogP contribution in [0.2, 0.25) is 0 Å². The minimum atomic E-state index is 0.220. The zero-order chi connectivity index (χ0) is 12.7. The average Bonchev–Trinajstić information content (AvgIpc) is 3.00. The zero-order valence-electron chi connectivity index (χ0n) is 10.8. The highest BCUT2D eigenvalue weighted by Gasteiger charge is 2.33. The molecule has 0 radical (unpaired) electrons. The number of amides is 1. The molecule has 4 heteroatoms. The van der Waals surface area contributed by atoms with E-state index in [1.807, 2.05) is 4.90 Å². The summed E-state index contributed by atoms with van der Waals surface area (Å²) in [5.41, 5.74) is 7.13. The molecule has 0 bridgehead atoms. The van der Waals surface area contributed by atoms with Crippen molar-refractivity contribution in [1.29, 1.82) is 0 Å².